The lowest BCUT2D eigenvalue weighted by Gasteiger charge is -1.96. The minimum Gasteiger partial charge on any atom is -0.481 e. The Morgan fingerprint density at radius 2 is 2.05 bits per heavy atom. The van der Waals surface area contributed by atoms with Gasteiger partial charge in [-0.05, 0) is 24.3 Å². The average molecular weight is 278 g/mol. The third-order valence-corrected chi connectivity index (χ3v) is 3.34. The van der Waals surface area contributed by atoms with E-state index in [0.717, 1.165) is 0 Å². The van der Waals surface area contributed by atoms with E-state index < -0.39 is 5.97 Å². The van der Waals surface area contributed by atoms with Crippen LogP contribution < -0.4 is 0 Å². The smallest absolute Gasteiger partial charge is 0.310 e. The van der Waals surface area contributed by atoms with Crippen LogP contribution in [0.1, 0.15) is 5.01 Å². The molecular weight excluding hydrogens is 271 g/mol. The summed E-state index contributed by atoms with van der Waals surface area (Å²) in [5.41, 5.74) is 0.668. The largest absolute Gasteiger partial charge is 0.481 e. The number of aliphatic carboxylic acids is 1. The van der Waals surface area contributed by atoms with Crippen molar-refractivity contribution in [1.82, 2.24) is 19.8 Å². The normalized spacial score (nSPS) is 11.0. The number of carbonyl (C=O) groups is 1. The van der Waals surface area contributed by atoms with Gasteiger partial charge in [0.15, 0.2) is 5.82 Å². The highest BCUT2D eigenvalue weighted by molar-refractivity contribution is 7.16. The molecule has 1 N–H and O–H groups in total. The Hall–Kier alpha value is -2.35. The molecule has 0 saturated carbocycles. The molecule has 0 aliphatic carbocycles. The lowest BCUT2D eigenvalue weighted by Crippen LogP contribution is -2.00. The number of carboxylic acid groups (broad SMARTS) is 1. The van der Waals surface area contributed by atoms with Crippen LogP contribution in [0.5, 0.6) is 0 Å². The predicted molar refractivity (Wildman–Crippen MR) is 65.4 cm³/mol. The highest BCUT2D eigenvalue weighted by Gasteiger charge is 2.14. The van der Waals surface area contributed by atoms with E-state index in [0.29, 0.717) is 21.4 Å². The number of aromatic nitrogens is 4. The first-order valence-electron chi connectivity index (χ1n) is 5.32. The van der Waals surface area contributed by atoms with Crippen LogP contribution in [0.3, 0.4) is 0 Å². The molecule has 0 atom stereocenters. The Bertz CT molecular complexity index is 750. The van der Waals surface area contributed by atoms with Gasteiger partial charge in [0.2, 0.25) is 4.96 Å². The summed E-state index contributed by atoms with van der Waals surface area (Å²) in [5, 5.41) is 21.2. The summed E-state index contributed by atoms with van der Waals surface area (Å²) in [6, 6.07) is 5.78. The van der Waals surface area contributed by atoms with Gasteiger partial charge in [0.05, 0.1) is 6.42 Å². The molecule has 2 aromatic heterocycles. The summed E-state index contributed by atoms with van der Waals surface area (Å²) >= 11 is 1.17. The Balaban J connectivity index is 2.06. The van der Waals surface area contributed by atoms with Crippen LogP contribution in [-0.2, 0) is 11.2 Å². The van der Waals surface area contributed by atoms with Crippen molar-refractivity contribution in [3.63, 3.8) is 0 Å². The second-order valence-corrected chi connectivity index (χ2v) is 4.83. The molecule has 0 amide bonds. The van der Waals surface area contributed by atoms with Crippen LogP contribution in [0.15, 0.2) is 24.3 Å². The lowest BCUT2D eigenvalue weighted by molar-refractivity contribution is -0.136. The second kappa shape index (κ2) is 4.39. The van der Waals surface area contributed by atoms with Crippen LogP contribution in [-0.4, -0.2) is 30.9 Å². The number of fused-ring (bicyclic) bond motifs is 1. The van der Waals surface area contributed by atoms with Gasteiger partial charge in [0, 0.05) is 5.56 Å². The van der Waals surface area contributed by atoms with E-state index >= 15 is 0 Å². The van der Waals surface area contributed by atoms with Crippen molar-refractivity contribution in [2.24, 2.45) is 0 Å². The molecule has 0 fully saturated rings. The first-order valence-corrected chi connectivity index (χ1v) is 6.14. The summed E-state index contributed by atoms with van der Waals surface area (Å²) in [6.45, 7) is 0. The van der Waals surface area contributed by atoms with E-state index in [1.807, 2.05) is 0 Å². The molecule has 1 aromatic carbocycles. The number of carboxylic acids is 1. The van der Waals surface area contributed by atoms with Crippen molar-refractivity contribution in [1.29, 1.82) is 0 Å². The molecular formula is C11H7FN4O2S. The molecule has 6 nitrogen and oxygen atoms in total. The zero-order chi connectivity index (χ0) is 13.4. The Labute approximate surface area is 110 Å². The first kappa shape index (κ1) is 11.7. The molecule has 0 spiro atoms. The maximum absolute atomic E-state index is 12.9. The molecule has 19 heavy (non-hydrogen) atoms. The van der Waals surface area contributed by atoms with Gasteiger partial charge >= 0.3 is 5.97 Å². The first-order chi connectivity index (χ1) is 9.13. The second-order valence-electron chi connectivity index (χ2n) is 3.79. The number of rotatable bonds is 3. The van der Waals surface area contributed by atoms with Gasteiger partial charge in [-0.2, -0.15) is 9.61 Å². The fourth-order valence-corrected chi connectivity index (χ4v) is 2.46. The van der Waals surface area contributed by atoms with Gasteiger partial charge in [-0.3, -0.25) is 4.79 Å². The van der Waals surface area contributed by atoms with Crippen molar-refractivity contribution in [2.45, 2.75) is 6.42 Å². The summed E-state index contributed by atoms with van der Waals surface area (Å²) in [7, 11) is 0. The van der Waals surface area contributed by atoms with E-state index in [-0.39, 0.29) is 12.2 Å². The van der Waals surface area contributed by atoms with E-state index in [2.05, 4.69) is 15.3 Å². The van der Waals surface area contributed by atoms with Crippen molar-refractivity contribution in [3.8, 4) is 11.4 Å². The van der Waals surface area contributed by atoms with Gasteiger partial charge in [-0.15, -0.1) is 10.2 Å². The number of nitrogens with zero attached hydrogens (tertiary/aromatic N) is 4. The van der Waals surface area contributed by atoms with Crippen molar-refractivity contribution >= 4 is 22.3 Å². The van der Waals surface area contributed by atoms with Crippen molar-refractivity contribution in [3.05, 3.63) is 35.1 Å². The zero-order valence-electron chi connectivity index (χ0n) is 9.45. The maximum Gasteiger partial charge on any atom is 0.310 e. The monoisotopic (exact) mass is 278 g/mol. The van der Waals surface area contributed by atoms with Crippen LogP contribution in [0, 0.1) is 5.82 Å². The molecule has 3 rings (SSSR count). The quantitative estimate of drug-likeness (QED) is 0.787. The Morgan fingerprint density at radius 1 is 1.32 bits per heavy atom. The van der Waals surface area contributed by atoms with Gasteiger partial charge in [0.1, 0.15) is 10.8 Å². The molecule has 0 saturated heterocycles. The van der Waals surface area contributed by atoms with Gasteiger partial charge in [-0.1, -0.05) is 11.3 Å². The molecule has 2 heterocycles. The highest BCUT2D eigenvalue weighted by Crippen LogP contribution is 2.21. The highest BCUT2D eigenvalue weighted by atomic mass is 32.1. The number of hydrogen-bond acceptors (Lipinski definition) is 5. The third kappa shape index (κ3) is 2.17. The van der Waals surface area contributed by atoms with E-state index in [9.17, 15) is 9.18 Å². The third-order valence-electron chi connectivity index (χ3n) is 2.44. The summed E-state index contributed by atoms with van der Waals surface area (Å²) in [5.74, 6) is -0.828. The average Bonchev–Trinajstić information content (AvgIpc) is 2.89. The van der Waals surface area contributed by atoms with Crippen LogP contribution in [0.4, 0.5) is 4.39 Å². The van der Waals surface area contributed by atoms with E-state index in [1.54, 1.807) is 12.1 Å². The van der Waals surface area contributed by atoms with Crippen LogP contribution in [0.25, 0.3) is 16.3 Å². The maximum atomic E-state index is 12.9. The predicted octanol–water partition coefficient (Wildman–Crippen LogP) is 1.62. The molecule has 3 aromatic rings. The Morgan fingerprint density at radius 3 is 2.74 bits per heavy atom. The summed E-state index contributed by atoms with van der Waals surface area (Å²) in [6.07, 6.45) is -0.156. The standard InChI is InChI=1S/C11H7FN4O2S/c12-7-3-1-6(2-4-7)10-13-14-11-16(10)15-8(19-11)5-9(17)18/h1-4H,5H2,(H,17,18). The van der Waals surface area contributed by atoms with Crippen molar-refractivity contribution in [2.75, 3.05) is 0 Å². The molecule has 0 aliphatic heterocycles. The minimum atomic E-state index is -0.951. The number of benzene rings is 1. The zero-order valence-corrected chi connectivity index (χ0v) is 10.3. The molecule has 0 aliphatic rings. The minimum absolute atomic E-state index is 0.156. The lowest BCUT2D eigenvalue weighted by atomic mass is 10.2. The van der Waals surface area contributed by atoms with E-state index in [1.165, 1.54) is 28.0 Å². The van der Waals surface area contributed by atoms with Crippen molar-refractivity contribution < 1.29 is 14.3 Å². The molecule has 0 unspecified atom stereocenters. The van der Waals surface area contributed by atoms with E-state index in [4.69, 9.17) is 5.11 Å². The van der Waals surface area contributed by atoms with Gasteiger partial charge in [-0.25, -0.2) is 4.39 Å². The number of halogens is 1. The fourth-order valence-electron chi connectivity index (χ4n) is 1.64. The topological polar surface area (TPSA) is 80.4 Å². The van der Waals surface area contributed by atoms with Gasteiger partial charge < -0.3 is 5.11 Å². The van der Waals surface area contributed by atoms with Crippen LogP contribution in [0.2, 0.25) is 0 Å². The molecule has 0 radical (unpaired) electrons. The van der Waals surface area contributed by atoms with Crippen LogP contribution >= 0.6 is 11.3 Å². The molecule has 96 valence electrons. The Kier molecular flexibility index (Phi) is 2.71. The fraction of sp³-hybridized carbons (Fsp3) is 0.0909. The summed E-state index contributed by atoms with van der Waals surface area (Å²) in [4.78, 5) is 11.1. The SMILES string of the molecule is O=C(O)Cc1nn2c(-c3ccc(F)cc3)nnc2s1. The summed E-state index contributed by atoms with van der Waals surface area (Å²) < 4.78 is 14.3. The number of hydrogen-bond donors (Lipinski definition) is 1. The van der Waals surface area contributed by atoms with Gasteiger partial charge in [0.25, 0.3) is 0 Å². The molecule has 8 heteroatoms. The molecule has 0 bridgehead atoms.